The van der Waals surface area contributed by atoms with Gasteiger partial charge in [0.25, 0.3) is 0 Å². The number of nitrogens with one attached hydrogen (secondary N) is 2. The van der Waals surface area contributed by atoms with Crippen molar-refractivity contribution in [2.75, 3.05) is 39.8 Å². The SMILES string of the molecule is C#CCNC(=NC)NCC1CCN(CC(F)(F)F)C1.I. The van der Waals surface area contributed by atoms with E-state index in [-0.39, 0.29) is 29.9 Å². The molecule has 1 rings (SSSR count). The smallest absolute Gasteiger partial charge is 0.356 e. The van der Waals surface area contributed by atoms with Crippen molar-refractivity contribution >= 4 is 29.9 Å². The van der Waals surface area contributed by atoms with Gasteiger partial charge in [0.05, 0.1) is 13.1 Å². The van der Waals surface area contributed by atoms with Gasteiger partial charge in [-0.05, 0) is 18.9 Å². The van der Waals surface area contributed by atoms with Gasteiger partial charge < -0.3 is 10.6 Å². The third-order valence-corrected chi connectivity index (χ3v) is 2.91. The fourth-order valence-electron chi connectivity index (χ4n) is 2.07. The van der Waals surface area contributed by atoms with Gasteiger partial charge >= 0.3 is 6.18 Å². The zero-order valence-electron chi connectivity index (χ0n) is 11.3. The van der Waals surface area contributed by atoms with Crippen molar-refractivity contribution in [3.8, 4) is 12.3 Å². The second-order valence-corrected chi connectivity index (χ2v) is 4.52. The van der Waals surface area contributed by atoms with E-state index in [2.05, 4.69) is 21.5 Å². The molecule has 0 aliphatic carbocycles. The van der Waals surface area contributed by atoms with E-state index < -0.39 is 12.7 Å². The number of rotatable bonds is 4. The zero-order chi connectivity index (χ0) is 14.3. The number of hydrogen-bond donors (Lipinski definition) is 2. The molecule has 0 radical (unpaired) electrons. The number of halogens is 4. The predicted octanol–water partition coefficient (Wildman–Crippen LogP) is 1.29. The first kappa shape index (κ1) is 19.3. The zero-order valence-corrected chi connectivity index (χ0v) is 13.7. The van der Waals surface area contributed by atoms with Gasteiger partial charge in [-0.2, -0.15) is 13.2 Å². The average molecular weight is 404 g/mol. The Bertz CT molecular complexity index is 352. The van der Waals surface area contributed by atoms with E-state index in [1.807, 2.05) is 0 Å². The van der Waals surface area contributed by atoms with Crippen LogP contribution in [-0.2, 0) is 0 Å². The summed E-state index contributed by atoms with van der Waals surface area (Å²) in [6.07, 6.45) is 1.76. The maximum absolute atomic E-state index is 12.2. The third-order valence-electron chi connectivity index (χ3n) is 2.91. The number of hydrogen-bond acceptors (Lipinski definition) is 2. The summed E-state index contributed by atoms with van der Waals surface area (Å²) in [5.41, 5.74) is 0. The number of nitrogens with zero attached hydrogens (tertiary/aromatic N) is 2. The van der Waals surface area contributed by atoms with Crippen LogP contribution < -0.4 is 10.6 Å². The van der Waals surface area contributed by atoms with E-state index >= 15 is 0 Å². The first-order chi connectivity index (χ1) is 8.94. The minimum atomic E-state index is -4.12. The van der Waals surface area contributed by atoms with E-state index in [0.717, 1.165) is 6.42 Å². The Hall–Kier alpha value is -0.690. The van der Waals surface area contributed by atoms with Crippen molar-refractivity contribution in [2.24, 2.45) is 10.9 Å². The summed E-state index contributed by atoms with van der Waals surface area (Å²) in [6, 6.07) is 0. The molecule has 0 bridgehead atoms. The van der Waals surface area contributed by atoms with Crippen LogP contribution in [0.3, 0.4) is 0 Å². The largest absolute Gasteiger partial charge is 0.401 e. The standard InChI is InChI=1S/C12H19F3N4.HI/c1-3-5-17-11(16-2)18-7-10-4-6-19(8-10)9-12(13,14)15;/h1,10H,4-9H2,2H3,(H2,16,17,18);1H. The van der Waals surface area contributed by atoms with E-state index in [1.54, 1.807) is 7.05 Å². The molecule has 1 aliphatic heterocycles. The molecule has 0 aromatic carbocycles. The number of guanidine groups is 1. The van der Waals surface area contributed by atoms with Gasteiger partial charge in [-0.3, -0.25) is 9.89 Å². The maximum Gasteiger partial charge on any atom is 0.401 e. The molecule has 0 saturated carbocycles. The number of likely N-dealkylation sites (tertiary alicyclic amines) is 1. The van der Waals surface area contributed by atoms with Gasteiger partial charge in [0.1, 0.15) is 0 Å². The molecule has 1 unspecified atom stereocenters. The maximum atomic E-state index is 12.2. The molecule has 8 heteroatoms. The molecule has 20 heavy (non-hydrogen) atoms. The lowest BCUT2D eigenvalue weighted by atomic mass is 10.1. The van der Waals surface area contributed by atoms with Crippen LogP contribution in [0.15, 0.2) is 4.99 Å². The molecule has 0 aromatic heterocycles. The summed E-state index contributed by atoms with van der Waals surface area (Å²) in [5.74, 6) is 3.20. The summed E-state index contributed by atoms with van der Waals surface area (Å²) in [6.45, 7) is 1.08. The van der Waals surface area contributed by atoms with Crippen LogP contribution in [0.2, 0.25) is 0 Å². The normalized spacial score (nSPS) is 20.1. The number of terminal acetylenes is 1. The van der Waals surface area contributed by atoms with E-state index in [1.165, 1.54) is 4.90 Å². The van der Waals surface area contributed by atoms with Crippen LogP contribution in [0.5, 0.6) is 0 Å². The summed E-state index contributed by atoms with van der Waals surface area (Å²) in [4.78, 5) is 5.40. The van der Waals surface area contributed by atoms with Crippen molar-refractivity contribution in [2.45, 2.75) is 12.6 Å². The van der Waals surface area contributed by atoms with Crippen LogP contribution in [0.4, 0.5) is 13.2 Å². The molecule has 116 valence electrons. The molecular formula is C12H20F3IN4. The van der Waals surface area contributed by atoms with Crippen molar-refractivity contribution in [1.29, 1.82) is 0 Å². The first-order valence-corrected chi connectivity index (χ1v) is 6.11. The summed E-state index contributed by atoms with van der Waals surface area (Å²) in [7, 11) is 1.62. The van der Waals surface area contributed by atoms with E-state index in [9.17, 15) is 13.2 Å². The van der Waals surface area contributed by atoms with Crippen molar-refractivity contribution in [3.63, 3.8) is 0 Å². The molecule has 1 heterocycles. The van der Waals surface area contributed by atoms with Gasteiger partial charge in [0.15, 0.2) is 5.96 Å². The molecule has 0 spiro atoms. The van der Waals surface area contributed by atoms with Gasteiger partial charge in [-0.15, -0.1) is 30.4 Å². The Morgan fingerprint density at radius 2 is 2.15 bits per heavy atom. The van der Waals surface area contributed by atoms with Crippen LogP contribution >= 0.6 is 24.0 Å². The topological polar surface area (TPSA) is 39.7 Å². The average Bonchev–Trinajstić information content (AvgIpc) is 2.74. The van der Waals surface area contributed by atoms with Gasteiger partial charge in [0, 0.05) is 20.1 Å². The highest BCUT2D eigenvalue weighted by Crippen LogP contribution is 2.22. The summed E-state index contributed by atoms with van der Waals surface area (Å²) in [5, 5.41) is 5.97. The van der Waals surface area contributed by atoms with Crippen molar-refractivity contribution in [3.05, 3.63) is 0 Å². The van der Waals surface area contributed by atoms with Crippen LogP contribution in [0, 0.1) is 18.3 Å². The highest BCUT2D eigenvalue weighted by molar-refractivity contribution is 14.0. The summed E-state index contributed by atoms with van der Waals surface area (Å²) < 4.78 is 36.7. The Kier molecular flexibility index (Phi) is 8.96. The number of alkyl halides is 3. The van der Waals surface area contributed by atoms with Gasteiger partial charge in [-0.25, -0.2) is 0 Å². The third kappa shape index (κ3) is 7.79. The quantitative estimate of drug-likeness (QED) is 0.321. The highest BCUT2D eigenvalue weighted by atomic mass is 127. The fraction of sp³-hybridized carbons (Fsp3) is 0.750. The molecule has 0 amide bonds. The highest BCUT2D eigenvalue weighted by Gasteiger charge is 2.34. The predicted molar refractivity (Wildman–Crippen MR) is 84.2 cm³/mol. The van der Waals surface area contributed by atoms with Crippen LogP contribution in [0.25, 0.3) is 0 Å². The van der Waals surface area contributed by atoms with E-state index in [0.29, 0.717) is 32.1 Å². The van der Waals surface area contributed by atoms with E-state index in [4.69, 9.17) is 6.42 Å². The van der Waals surface area contributed by atoms with Crippen molar-refractivity contribution < 1.29 is 13.2 Å². The molecule has 2 N–H and O–H groups in total. The molecule has 4 nitrogen and oxygen atoms in total. The molecular weight excluding hydrogens is 384 g/mol. The molecule has 0 aromatic rings. The molecule has 1 aliphatic rings. The Balaban J connectivity index is 0.00000361. The Morgan fingerprint density at radius 1 is 1.45 bits per heavy atom. The summed E-state index contributed by atoms with van der Waals surface area (Å²) >= 11 is 0. The van der Waals surface area contributed by atoms with Gasteiger partial charge in [-0.1, -0.05) is 5.92 Å². The minimum Gasteiger partial charge on any atom is -0.356 e. The minimum absolute atomic E-state index is 0. The number of aliphatic imine (C=N–C) groups is 1. The lowest BCUT2D eigenvalue weighted by molar-refractivity contribution is -0.143. The first-order valence-electron chi connectivity index (χ1n) is 6.11. The van der Waals surface area contributed by atoms with Crippen molar-refractivity contribution in [1.82, 2.24) is 15.5 Å². The monoisotopic (exact) mass is 404 g/mol. The fourth-order valence-corrected chi connectivity index (χ4v) is 2.07. The molecule has 1 saturated heterocycles. The lowest BCUT2D eigenvalue weighted by Crippen LogP contribution is -2.40. The second-order valence-electron chi connectivity index (χ2n) is 4.52. The lowest BCUT2D eigenvalue weighted by Gasteiger charge is -2.18. The van der Waals surface area contributed by atoms with Crippen LogP contribution in [-0.4, -0.2) is 56.8 Å². The van der Waals surface area contributed by atoms with Gasteiger partial charge in [0.2, 0.25) is 0 Å². The van der Waals surface area contributed by atoms with Crippen LogP contribution in [0.1, 0.15) is 6.42 Å². The molecule has 1 fully saturated rings. The Morgan fingerprint density at radius 3 is 2.70 bits per heavy atom. The second kappa shape index (κ2) is 9.28. The Labute approximate surface area is 134 Å². The molecule has 1 atom stereocenters.